The van der Waals surface area contributed by atoms with E-state index in [0.717, 1.165) is 0 Å². The summed E-state index contributed by atoms with van der Waals surface area (Å²) in [5.41, 5.74) is 0.176. The molecule has 1 rings (SSSR count). The Kier molecular flexibility index (Phi) is 9.69. The highest BCUT2D eigenvalue weighted by Gasteiger charge is 2.35. The SMILES string of the molecule is COC(=O)CNC(=O)C(c1ccc(O)c(C)c1)N(C)C(=O)C(NC(=O)OC(C)(C)C)C(C)C. The highest BCUT2D eigenvalue weighted by Crippen LogP contribution is 2.26. The molecule has 3 N–H and O–H groups in total. The number of carbonyl (C=O) groups excluding carboxylic acids is 4. The van der Waals surface area contributed by atoms with E-state index in [1.165, 1.54) is 31.2 Å². The molecule has 33 heavy (non-hydrogen) atoms. The first-order valence-electron chi connectivity index (χ1n) is 10.6. The van der Waals surface area contributed by atoms with Crippen molar-refractivity contribution in [3.05, 3.63) is 29.3 Å². The molecule has 10 heteroatoms. The normalized spacial score (nSPS) is 13.0. The topological polar surface area (TPSA) is 134 Å². The molecule has 0 radical (unpaired) electrons. The molecule has 0 saturated carbocycles. The quantitative estimate of drug-likeness (QED) is 0.500. The van der Waals surface area contributed by atoms with Crippen molar-refractivity contribution in [2.24, 2.45) is 5.92 Å². The van der Waals surface area contributed by atoms with Crippen LogP contribution in [0.4, 0.5) is 4.79 Å². The number of phenols is 1. The van der Waals surface area contributed by atoms with Gasteiger partial charge in [0.25, 0.3) is 0 Å². The fourth-order valence-electron chi connectivity index (χ4n) is 3.02. The summed E-state index contributed by atoms with van der Waals surface area (Å²) in [5.74, 6) is -2.08. The fourth-order valence-corrected chi connectivity index (χ4v) is 3.02. The maximum atomic E-state index is 13.4. The second kappa shape index (κ2) is 11.5. The third kappa shape index (κ3) is 8.28. The number of carbonyl (C=O) groups is 4. The van der Waals surface area contributed by atoms with Crippen LogP contribution in [0.3, 0.4) is 0 Å². The zero-order chi connectivity index (χ0) is 25.5. The van der Waals surface area contributed by atoms with E-state index in [-0.39, 0.29) is 18.2 Å². The van der Waals surface area contributed by atoms with Crippen molar-refractivity contribution in [1.82, 2.24) is 15.5 Å². The van der Waals surface area contributed by atoms with Gasteiger partial charge in [-0.25, -0.2) is 4.79 Å². The van der Waals surface area contributed by atoms with E-state index in [0.29, 0.717) is 11.1 Å². The van der Waals surface area contributed by atoms with Gasteiger partial charge >= 0.3 is 12.1 Å². The van der Waals surface area contributed by atoms with Crippen LogP contribution in [0.2, 0.25) is 0 Å². The van der Waals surface area contributed by atoms with E-state index in [1.807, 2.05) is 0 Å². The van der Waals surface area contributed by atoms with Crippen molar-refractivity contribution >= 4 is 23.9 Å². The second-order valence-electron chi connectivity index (χ2n) is 9.06. The van der Waals surface area contributed by atoms with Crippen molar-refractivity contribution in [1.29, 1.82) is 0 Å². The summed E-state index contributed by atoms with van der Waals surface area (Å²) >= 11 is 0. The third-order valence-corrected chi connectivity index (χ3v) is 4.76. The zero-order valence-corrected chi connectivity index (χ0v) is 20.5. The molecule has 0 aromatic heterocycles. The van der Waals surface area contributed by atoms with Crippen LogP contribution in [-0.2, 0) is 23.9 Å². The van der Waals surface area contributed by atoms with Gasteiger partial charge in [0.1, 0.15) is 30.0 Å². The zero-order valence-electron chi connectivity index (χ0n) is 20.5. The van der Waals surface area contributed by atoms with Crippen molar-refractivity contribution in [2.75, 3.05) is 20.7 Å². The maximum absolute atomic E-state index is 13.4. The summed E-state index contributed by atoms with van der Waals surface area (Å²) in [7, 11) is 2.62. The highest BCUT2D eigenvalue weighted by atomic mass is 16.6. The molecule has 0 saturated heterocycles. The van der Waals surface area contributed by atoms with Crippen LogP contribution < -0.4 is 10.6 Å². The number of esters is 1. The number of amides is 3. The number of rotatable bonds is 8. The summed E-state index contributed by atoms with van der Waals surface area (Å²) < 4.78 is 9.82. The van der Waals surface area contributed by atoms with Crippen molar-refractivity contribution < 1.29 is 33.8 Å². The van der Waals surface area contributed by atoms with E-state index in [9.17, 15) is 24.3 Å². The Morgan fingerprint density at radius 2 is 1.76 bits per heavy atom. The van der Waals surface area contributed by atoms with E-state index in [1.54, 1.807) is 47.6 Å². The molecule has 0 bridgehead atoms. The van der Waals surface area contributed by atoms with Gasteiger partial charge in [0, 0.05) is 7.05 Å². The Hall–Kier alpha value is -3.30. The number of alkyl carbamates (subject to hydrolysis) is 1. The standard InChI is InChI=1S/C23H35N3O7/c1-13(2)18(25-22(31)33-23(4,5)6)21(30)26(7)19(20(29)24-12-17(28)32-8)15-9-10-16(27)14(3)11-15/h9-11,13,18-19,27H,12H2,1-8H3,(H,24,29)(H,25,31). The van der Waals surface area contributed by atoms with Crippen molar-refractivity contribution in [3.8, 4) is 5.75 Å². The predicted molar refractivity (Wildman–Crippen MR) is 121 cm³/mol. The number of nitrogens with zero attached hydrogens (tertiary/aromatic N) is 1. The number of ether oxygens (including phenoxy) is 2. The monoisotopic (exact) mass is 465 g/mol. The first kappa shape index (κ1) is 27.7. The van der Waals surface area contributed by atoms with Crippen LogP contribution in [0, 0.1) is 12.8 Å². The molecule has 3 amide bonds. The van der Waals surface area contributed by atoms with Gasteiger partial charge in [-0.15, -0.1) is 0 Å². The average molecular weight is 466 g/mol. The van der Waals surface area contributed by atoms with E-state index < -0.39 is 41.6 Å². The van der Waals surface area contributed by atoms with Crippen molar-refractivity contribution in [2.45, 2.75) is 59.2 Å². The summed E-state index contributed by atoms with van der Waals surface area (Å²) in [6.45, 7) is 9.91. The van der Waals surface area contributed by atoms with Gasteiger partial charge in [-0.2, -0.15) is 0 Å². The number of hydrogen-bond acceptors (Lipinski definition) is 7. The molecule has 0 spiro atoms. The first-order valence-corrected chi connectivity index (χ1v) is 10.6. The Morgan fingerprint density at radius 1 is 1.15 bits per heavy atom. The summed E-state index contributed by atoms with van der Waals surface area (Å²) in [4.78, 5) is 51.4. The molecular weight excluding hydrogens is 430 g/mol. The number of aryl methyl sites for hydroxylation is 1. The Labute approximate surface area is 194 Å². The summed E-state index contributed by atoms with van der Waals surface area (Å²) in [6, 6.07) is 2.40. The minimum absolute atomic E-state index is 0.0353. The molecule has 0 aliphatic rings. The molecule has 1 aromatic carbocycles. The summed E-state index contributed by atoms with van der Waals surface area (Å²) in [6.07, 6.45) is -0.755. The number of hydrogen-bond donors (Lipinski definition) is 3. The Balaban J connectivity index is 3.26. The van der Waals surface area contributed by atoms with Crippen LogP contribution in [0.1, 0.15) is 51.8 Å². The molecular formula is C23H35N3O7. The van der Waals surface area contributed by atoms with Gasteiger partial charge in [-0.1, -0.05) is 19.9 Å². The van der Waals surface area contributed by atoms with Gasteiger partial charge in [-0.05, 0) is 56.9 Å². The lowest BCUT2D eigenvalue weighted by atomic mass is 9.98. The second-order valence-corrected chi connectivity index (χ2v) is 9.06. The number of benzene rings is 1. The first-order chi connectivity index (χ1) is 15.2. The number of methoxy groups -OCH3 is 1. The predicted octanol–water partition coefficient (Wildman–Crippen LogP) is 2.04. The lowest BCUT2D eigenvalue weighted by Crippen LogP contribution is -2.53. The van der Waals surface area contributed by atoms with Gasteiger partial charge in [-0.3, -0.25) is 14.4 Å². The molecule has 184 valence electrons. The highest BCUT2D eigenvalue weighted by molar-refractivity contribution is 5.93. The Morgan fingerprint density at radius 3 is 2.24 bits per heavy atom. The fraction of sp³-hybridized carbons (Fsp3) is 0.565. The molecule has 0 fully saturated rings. The number of phenolic OH excluding ortho intramolecular Hbond substituents is 1. The van der Waals surface area contributed by atoms with Gasteiger partial charge in [0.15, 0.2) is 0 Å². The third-order valence-electron chi connectivity index (χ3n) is 4.76. The molecule has 1 aromatic rings. The van der Waals surface area contributed by atoms with E-state index in [2.05, 4.69) is 15.4 Å². The van der Waals surface area contributed by atoms with E-state index in [4.69, 9.17) is 4.74 Å². The summed E-state index contributed by atoms with van der Waals surface area (Å²) in [5, 5.41) is 14.9. The van der Waals surface area contributed by atoms with Crippen LogP contribution in [0.15, 0.2) is 18.2 Å². The largest absolute Gasteiger partial charge is 0.508 e. The van der Waals surface area contributed by atoms with Gasteiger partial charge in [0.2, 0.25) is 11.8 Å². The minimum atomic E-state index is -1.14. The number of likely N-dealkylation sites (N-methyl/N-ethyl adjacent to an activating group) is 1. The molecule has 2 atom stereocenters. The molecule has 2 unspecified atom stereocenters. The van der Waals surface area contributed by atoms with Crippen LogP contribution in [0.25, 0.3) is 0 Å². The number of nitrogens with one attached hydrogen (secondary N) is 2. The van der Waals surface area contributed by atoms with Crippen molar-refractivity contribution in [3.63, 3.8) is 0 Å². The lowest BCUT2D eigenvalue weighted by Gasteiger charge is -2.33. The smallest absolute Gasteiger partial charge is 0.408 e. The molecule has 0 aliphatic heterocycles. The number of aromatic hydroxyl groups is 1. The minimum Gasteiger partial charge on any atom is -0.508 e. The van der Waals surface area contributed by atoms with E-state index >= 15 is 0 Å². The van der Waals surface area contributed by atoms with Crippen LogP contribution >= 0.6 is 0 Å². The van der Waals surface area contributed by atoms with Crippen LogP contribution in [0.5, 0.6) is 5.75 Å². The Bertz CT molecular complexity index is 877. The molecule has 0 aliphatic carbocycles. The lowest BCUT2D eigenvalue weighted by molar-refractivity contribution is -0.144. The molecule has 10 nitrogen and oxygen atoms in total. The van der Waals surface area contributed by atoms with Crippen LogP contribution in [-0.4, -0.2) is 66.2 Å². The average Bonchev–Trinajstić information content (AvgIpc) is 2.70. The van der Waals surface area contributed by atoms with Gasteiger partial charge in [0.05, 0.1) is 7.11 Å². The molecule has 0 heterocycles. The maximum Gasteiger partial charge on any atom is 0.408 e. The van der Waals surface area contributed by atoms with Gasteiger partial charge < -0.3 is 30.1 Å².